The molecule has 0 spiro atoms. The van der Waals surface area contributed by atoms with Crippen molar-refractivity contribution in [3.05, 3.63) is 17.7 Å². The Balaban J connectivity index is 1.74. The number of aromatic nitrogens is 2. The molecule has 1 amide bonds. The quantitative estimate of drug-likeness (QED) is 0.778. The molecule has 0 aromatic carbocycles. The fourth-order valence-electron chi connectivity index (χ4n) is 4.16. The molecule has 2 atom stereocenters. The van der Waals surface area contributed by atoms with Gasteiger partial charge in [-0.05, 0) is 46.0 Å². The van der Waals surface area contributed by atoms with Crippen LogP contribution < -0.4 is 0 Å². The van der Waals surface area contributed by atoms with Crippen molar-refractivity contribution in [1.29, 1.82) is 0 Å². The van der Waals surface area contributed by atoms with Crippen molar-refractivity contribution in [3.63, 3.8) is 0 Å². The van der Waals surface area contributed by atoms with E-state index < -0.39 is 10.0 Å². The van der Waals surface area contributed by atoms with E-state index in [0.717, 1.165) is 56.6 Å². The van der Waals surface area contributed by atoms with Crippen LogP contribution in [0, 0.1) is 0 Å². The summed E-state index contributed by atoms with van der Waals surface area (Å²) in [6.07, 6.45) is 9.34. The van der Waals surface area contributed by atoms with Crippen molar-refractivity contribution in [1.82, 2.24) is 18.8 Å². The Morgan fingerprint density at radius 3 is 2.54 bits per heavy atom. The van der Waals surface area contributed by atoms with Crippen LogP contribution in [0.15, 0.2) is 6.20 Å². The largest absolute Gasteiger partial charge is 0.336 e. The maximum absolute atomic E-state index is 12.9. The lowest BCUT2D eigenvalue weighted by Crippen LogP contribution is -2.51. The topological polar surface area (TPSA) is 75.5 Å². The van der Waals surface area contributed by atoms with Crippen LogP contribution in [0.2, 0.25) is 0 Å². The second-order valence-electron chi connectivity index (χ2n) is 7.76. The van der Waals surface area contributed by atoms with Gasteiger partial charge in [0, 0.05) is 31.2 Å². The lowest BCUT2D eigenvalue weighted by Gasteiger charge is -2.39. The Morgan fingerprint density at radius 2 is 1.92 bits per heavy atom. The molecule has 0 N–H and O–H groups in total. The lowest BCUT2D eigenvalue weighted by atomic mass is 9.97. The van der Waals surface area contributed by atoms with Gasteiger partial charge in [-0.15, -0.1) is 0 Å². The van der Waals surface area contributed by atoms with Gasteiger partial charge in [-0.3, -0.25) is 4.79 Å². The first-order valence-corrected chi connectivity index (χ1v) is 11.4. The third-order valence-corrected chi connectivity index (χ3v) is 6.76. The monoisotopic (exact) mass is 382 g/mol. The number of sulfonamides is 1. The number of hydrogen-bond donors (Lipinski definition) is 0. The number of nitrogens with zero attached hydrogens (tertiary/aromatic N) is 4. The standard InChI is InChI=1S/C18H30N4O3S/c1-14-7-6-8-15(2)22(14)18(23)13-21(26(3,24)25)12-16-11-20-10-5-4-9-17(20)19-16/h11,14-15H,4-10,12-13H2,1-3H3. The summed E-state index contributed by atoms with van der Waals surface area (Å²) in [4.78, 5) is 19.3. The average Bonchev–Trinajstić information content (AvgIpc) is 2.95. The average molecular weight is 383 g/mol. The molecular formula is C18H30N4O3S. The molecule has 0 saturated carbocycles. The van der Waals surface area contributed by atoms with E-state index in [2.05, 4.69) is 9.55 Å². The molecule has 2 unspecified atom stereocenters. The molecular weight excluding hydrogens is 352 g/mol. The Morgan fingerprint density at radius 1 is 1.23 bits per heavy atom. The van der Waals surface area contributed by atoms with Gasteiger partial charge < -0.3 is 9.47 Å². The minimum absolute atomic E-state index is 0.112. The molecule has 0 bridgehead atoms. The Kier molecular flexibility index (Phi) is 5.72. The molecule has 1 aromatic rings. The van der Waals surface area contributed by atoms with Gasteiger partial charge in [-0.2, -0.15) is 4.31 Å². The number of amides is 1. The van der Waals surface area contributed by atoms with E-state index in [1.807, 2.05) is 24.9 Å². The van der Waals surface area contributed by atoms with E-state index in [9.17, 15) is 13.2 Å². The summed E-state index contributed by atoms with van der Waals surface area (Å²) in [5.74, 6) is 0.906. The van der Waals surface area contributed by atoms with Crippen LogP contribution in [0.3, 0.4) is 0 Å². The van der Waals surface area contributed by atoms with Gasteiger partial charge in [0.15, 0.2) is 0 Å². The fourth-order valence-corrected chi connectivity index (χ4v) is 4.88. The molecule has 0 radical (unpaired) electrons. The maximum atomic E-state index is 12.9. The first kappa shape index (κ1) is 19.4. The van der Waals surface area contributed by atoms with Crippen molar-refractivity contribution in [2.24, 2.45) is 0 Å². The molecule has 3 heterocycles. The van der Waals surface area contributed by atoms with E-state index in [1.54, 1.807) is 0 Å². The van der Waals surface area contributed by atoms with Crippen LogP contribution in [-0.2, 0) is 34.3 Å². The van der Waals surface area contributed by atoms with Crippen molar-refractivity contribution < 1.29 is 13.2 Å². The van der Waals surface area contributed by atoms with Gasteiger partial charge in [0.05, 0.1) is 25.0 Å². The van der Waals surface area contributed by atoms with E-state index in [1.165, 1.54) is 10.6 Å². The molecule has 3 rings (SSSR count). The van der Waals surface area contributed by atoms with Crippen molar-refractivity contribution >= 4 is 15.9 Å². The van der Waals surface area contributed by atoms with Gasteiger partial charge in [-0.25, -0.2) is 13.4 Å². The molecule has 2 aliphatic rings. The highest BCUT2D eigenvalue weighted by atomic mass is 32.2. The molecule has 1 aromatic heterocycles. The van der Waals surface area contributed by atoms with E-state index in [4.69, 9.17) is 0 Å². The van der Waals surface area contributed by atoms with Gasteiger partial charge >= 0.3 is 0 Å². The van der Waals surface area contributed by atoms with Gasteiger partial charge in [-0.1, -0.05) is 0 Å². The smallest absolute Gasteiger partial charge is 0.238 e. The first-order valence-electron chi connectivity index (χ1n) is 9.57. The summed E-state index contributed by atoms with van der Waals surface area (Å²) < 4.78 is 27.9. The zero-order valence-corrected chi connectivity index (χ0v) is 16.8. The van der Waals surface area contributed by atoms with Crippen molar-refractivity contribution in [3.8, 4) is 0 Å². The summed E-state index contributed by atoms with van der Waals surface area (Å²) in [5, 5.41) is 0. The minimum atomic E-state index is -3.50. The van der Waals surface area contributed by atoms with Crippen LogP contribution in [0.25, 0.3) is 0 Å². The van der Waals surface area contributed by atoms with Gasteiger partial charge in [0.25, 0.3) is 0 Å². The Labute approximate surface area is 156 Å². The summed E-state index contributed by atoms with van der Waals surface area (Å²) in [6.45, 7) is 5.06. The van der Waals surface area contributed by atoms with E-state index in [-0.39, 0.29) is 31.1 Å². The third kappa shape index (κ3) is 4.28. The second-order valence-corrected chi connectivity index (χ2v) is 9.74. The van der Waals surface area contributed by atoms with Crippen LogP contribution >= 0.6 is 0 Å². The molecule has 2 aliphatic heterocycles. The summed E-state index contributed by atoms with van der Waals surface area (Å²) in [6, 6.07) is 0.320. The van der Waals surface area contributed by atoms with Crippen molar-refractivity contribution in [2.75, 3.05) is 12.8 Å². The van der Waals surface area contributed by atoms with Crippen LogP contribution in [0.5, 0.6) is 0 Å². The zero-order valence-electron chi connectivity index (χ0n) is 16.0. The van der Waals surface area contributed by atoms with E-state index >= 15 is 0 Å². The number of aryl methyl sites for hydroxylation is 2. The first-order chi connectivity index (χ1) is 12.3. The van der Waals surface area contributed by atoms with E-state index in [0.29, 0.717) is 0 Å². The SMILES string of the molecule is CC1CCCC(C)N1C(=O)CN(Cc1cn2c(n1)CCCC2)S(C)(=O)=O. The van der Waals surface area contributed by atoms with Crippen LogP contribution in [-0.4, -0.2) is 58.0 Å². The second kappa shape index (κ2) is 7.68. The number of fused-ring (bicyclic) bond motifs is 1. The molecule has 146 valence electrons. The van der Waals surface area contributed by atoms with Gasteiger partial charge in [0.2, 0.25) is 15.9 Å². The number of rotatable bonds is 5. The summed E-state index contributed by atoms with van der Waals surface area (Å²) >= 11 is 0. The fraction of sp³-hybridized carbons (Fsp3) is 0.778. The molecule has 1 saturated heterocycles. The zero-order chi connectivity index (χ0) is 18.9. The lowest BCUT2D eigenvalue weighted by molar-refractivity contribution is -0.137. The van der Waals surface area contributed by atoms with Gasteiger partial charge in [0.1, 0.15) is 5.82 Å². The number of imidazole rings is 1. The number of carbonyl (C=O) groups is 1. The predicted molar refractivity (Wildman–Crippen MR) is 100 cm³/mol. The molecule has 8 heteroatoms. The number of piperidine rings is 1. The number of carbonyl (C=O) groups excluding carboxylic acids is 1. The third-order valence-electron chi connectivity index (χ3n) is 5.56. The summed E-state index contributed by atoms with van der Waals surface area (Å²) in [7, 11) is -3.50. The maximum Gasteiger partial charge on any atom is 0.238 e. The number of hydrogen-bond acceptors (Lipinski definition) is 4. The Bertz CT molecular complexity index is 725. The minimum Gasteiger partial charge on any atom is -0.336 e. The van der Waals surface area contributed by atoms with Crippen LogP contribution in [0.1, 0.15) is 57.5 Å². The van der Waals surface area contributed by atoms with Crippen molar-refractivity contribution in [2.45, 2.75) is 77.5 Å². The highest BCUT2D eigenvalue weighted by Gasteiger charge is 2.32. The molecule has 7 nitrogen and oxygen atoms in total. The van der Waals surface area contributed by atoms with Crippen LogP contribution in [0.4, 0.5) is 0 Å². The Hall–Kier alpha value is -1.41. The highest BCUT2D eigenvalue weighted by molar-refractivity contribution is 7.88. The molecule has 26 heavy (non-hydrogen) atoms. The normalized spacial score (nSPS) is 23.9. The molecule has 0 aliphatic carbocycles. The predicted octanol–water partition coefficient (Wildman–Crippen LogP) is 1.77. The molecule has 1 fully saturated rings. The summed E-state index contributed by atoms with van der Waals surface area (Å²) in [5.41, 5.74) is 0.722. The number of likely N-dealkylation sites (tertiary alicyclic amines) is 1. The highest BCUT2D eigenvalue weighted by Crippen LogP contribution is 2.23.